The van der Waals surface area contributed by atoms with E-state index >= 15 is 0 Å². The van der Waals surface area contributed by atoms with E-state index in [0.29, 0.717) is 23.5 Å². The molecule has 1 saturated heterocycles. The number of nitrogens with zero attached hydrogens (tertiary/aromatic N) is 2. The quantitative estimate of drug-likeness (QED) is 0.722. The van der Waals surface area contributed by atoms with Crippen LogP contribution >= 0.6 is 0 Å². The third-order valence-corrected chi connectivity index (χ3v) is 5.79. The minimum atomic E-state index is -3.07. The number of hydrogen-bond acceptors (Lipinski definition) is 8. The first-order chi connectivity index (χ1) is 12.9. The Hall–Kier alpha value is -3.01. The Balaban J connectivity index is 1.63. The molecule has 9 nitrogen and oxygen atoms in total. The molecule has 2 aromatic rings. The van der Waals surface area contributed by atoms with Gasteiger partial charge in [0.2, 0.25) is 0 Å². The van der Waals surface area contributed by atoms with Crippen molar-refractivity contribution < 1.29 is 22.7 Å². The van der Waals surface area contributed by atoms with Crippen molar-refractivity contribution in [2.45, 2.75) is 12.5 Å². The summed E-state index contributed by atoms with van der Waals surface area (Å²) in [5.74, 6) is -0.508. The fourth-order valence-electron chi connectivity index (χ4n) is 2.68. The first kappa shape index (κ1) is 18.8. The predicted octanol–water partition coefficient (Wildman–Crippen LogP) is 0.924. The number of methoxy groups -OCH3 is 1. The monoisotopic (exact) mass is 390 g/mol. The van der Waals surface area contributed by atoms with Gasteiger partial charge in [0.15, 0.2) is 21.3 Å². The topological polar surface area (TPSA) is 127 Å². The van der Waals surface area contributed by atoms with Crippen LogP contribution in [0.4, 0.5) is 11.5 Å². The highest BCUT2D eigenvalue weighted by atomic mass is 32.2. The standard InChI is InChI=1S/C17H18N4O5S/c1-26-17(23)11-3-2-4-12(9-11)18-15-6-5-14(20-21-15)16(22)19-13-7-8-27(24,25)10-13/h2-6,9,13H,7-8,10H2,1H3,(H,18,21)(H,19,22). The van der Waals surface area contributed by atoms with Gasteiger partial charge in [-0.1, -0.05) is 6.07 Å². The first-order valence-electron chi connectivity index (χ1n) is 8.17. The van der Waals surface area contributed by atoms with Gasteiger partial charge in [0.05, 0.1) is 24.2 Å². The van der Waals surface area contributed by atoms with Gasteiger partial charge in [-0.3, -0.25) is 4.79 Å². The Morgan fingerprint density at radius 2 is 2.00 bits per heavy atom. The van der Waals surface area contributed by atoms with Crippen LogP contribution in [0, 0.1) is 0 Å². The zero-order valence-corrected chi connectivity index (χ0v) is 15.3. The summed E-state index contributed by atoms with van der Waals surface area (Å²) in [6.45, 7) is 0. The molecule has 1 aliphatic heterocycles. The molecule has 0 bridgehead atoms. The molecule has 1 aromatic carbocycles. The van der Waals surface area contributed by atoms with Crippen LogP contribution in [0.2, 0.25) is 0 Å². The van der Waals surface area contributed by atoms with Gasteiger partial charge in [-0.15, -0.1) is 10.2 Å². The Bertz CT molecular complexity index is 960. The number of amides is 1. The second-order valence-electron chi connectivity index (χ2n) is 6.07. The molecular weight excluding hydrogens is 372 g/mol. The predicted molar refractivity (Wildman–Crippen MR) is 97.6 cm³/mol. The minimum absolute atomic E-state index is 0.0532. The number of nitrogens with one attached hydrogen (secondary N) is 2. The van der Waals surface area contributed by atoms with Crippen LogP contribution in [0.25, 0.3) is 0 Å². The van der Waals surface area contributed by atoms with Crippen LogP contribution in [-0.4, -0.2) is 55.1 Å². The van der Waals surface area contributed by atoms with Crippen molar-refractivity contribution in [3.63, 3.8) is 0 Å². The Labute approximate surface area is 156 Å². The maximum atomic E-state index is 12.2. The number of benzene rings is 1. The van der Waals surface area contributed by atoms with Gasteiger partial charge in [-0.2, -0.15) is 0 Å². The van der Waals surface area contributed by atoms with Crippen molar-refractivity contribution in [2.24, 2.45) is 0 Å². The molecule has 1 amide bonds. The fraction of sp³-hybridized carbons (Fsp3) is 0.294. The molecule has 142 valence electrons. The third kappa shape index (κ3) is 4.79. The number of hydrogen-bond donors (Lipinski definition) is 2. The Morgan fingerprint density at radius 3 is 2.63 bits per heavy atom. The lowest BCUT2D eigenvalue weighted by atomic mass is 10.2. The van der Waals surface area contributed by atoms with Crippen molar-refractivity contribution in [1.29, 1.82) is 0 Å². The zero-order chi connectivity index (χ0) is 19.4. The van der Waals surface area contributed by atoms with Crippen molar-refractivity contribution in [3.8, 4) is 0 Å². The molecule has 0 radical (unpaired) electrons. The molecule has 3 rings (SSSR count). The smallest absolute Gasteiger partial charge is 0.337 e. The fourth-order valence-corrected chi connectivity index (χ4v) is 4.35. The SMILES string of the molecule is COC(=O)c1cccc(Nc2ccc(C(=O)NC3CCS(=O)(=O)C3)nn2)c1. The number of ether oxygens (including phenoxy) is 1. The van der Waals surface area contributed by atoms with E-state index in [1.54, 1.807) is 30.3 Å². The summed E-state index contributed by atoms with van der Waals surface area (Å²) in [4.78, 5) is 23.7. The lowest BCUT2D eigenvalue weighted by Crippen LogP contribution is -2.36. The Morgan fingerprint density at radius 1 is 1.19 bits per heavy atom. The molecule has 1 aliphatic rings. The molecule has 0 saturated carbocycles. The molecule has 1 atom stereocenters. The van der Waals surface area contributed by atoms with Crippen LogP contribution < -0.4 is 10.6 Å². The van der Waals surface area contributed by atoms with Crippen LogP contribution in [0.1, 0.15) is 27.3 Å². The summed E-state index contributed by atoms with van der Waals surface area (Å²) in [6, 6.07) is 9.32. The number of carbonyl (C=O) groups excluding carboxylic acids is 2. The van der Waals surface area contributed by atoms with E-state index in [1.807, 2.05) is 0 Å². The first-order valence-corrected chi connectivity index (χ1v) is 9.99. The average molecular weight is 390 g/mol. The second-order valence-corrected chi connectivity index (χ2v) is 8.30. The number of esters is 1. The summed E-state index contributed by atoms with van der Waals surface area (Å²) in [7, 11) is -1.77. The van der Waals surface area contributed by atoms with Gasteiger partial charge in [-0.05, 0) is 36.8 Å². The largest absolute Gasteiger partial charge is 0.465 e. The molecule has 1 unspecified atom stereocenters. The average Bonchev–Trinajstić information content (AvgIpc) is 3.00. The maximum Gasteiger partial charge on any atom is 0.337 e. The number of rotatable bonds is 5. The third-order valence-electron chi connectivity index (χ3n) is 4.02. The molecule has 2 N–H and O–H groups in total. The van der Waals surface area contributed by atoms with Gasteiger partial charge in [0.25, 0.3) is 5.91 Å². The summed E-state index contributed by atoms with van der Waals surface area (Å²) in [6.07, 6.45) is 0.400. The number of carbonyl (C=O) groups is 2. The van der Waals surface area contributed by atoms with E-state index in [-0.39, 0.29) is 17.2 Å². The number of anilines is 2. The highest BCUT2D eigenvalue weighted by molar-refractivity contribution is 7.91. The van der Waals surface area contributed by atoms with E-state index in [9.17, 15) is 18.0 Å². The second kappa shape index (κ2) is 7.70. The van der Waals surface area contributed by atoms with Gasteiger partial charge in [0.1, 0.15) is 0 Å². The van der Waals surface area contributed by atoms with Crippen LogP contribution in [0.3, 0.4) is 0 Å². The molecule has 1 fully saturated rings. The summed E-state index contributed by atoms with van der Waals surface area (Å²) >= 11 is 0. The molecule has 0 aliphatic carbocycles. The number of sulfone groups is 1. The van der Waals surface area contributed by atoms with Crippen molar-refractivity contribution in [1.82, 2.24) is 15.5 Å². The zero-order valence-electron chi connectivity index (χ0n) is 14.5. The molecular formula is C17H18N4O5S. The van der Waals surface area contributed by atoms with Crippen LogP contribution in [0.5, 0.6) is 0 Å². The van der Waals surface area contributed by atoms with Gasteiger partial charge >= 0.3 is 5.97 Å². The van der Waals surface area contributed by atoms with Crippen molar-refractivity contribution in [3.05, 3.63) is 47.7 Å². The van der Waals surface area contributed by atoms with Crippen molar-refractivity contribution >= 4 is 33.2 Å². The van der Waals surface area contributed by atoms with E-state index in [0.717, 1.165) is 0 Å². The summed E-state index contributed by atoms with van der Waals surface area (Å²) < 4.78 is 27.6. The minimum Gasteiger partial charge on any atom is -0.465 e. The normalized spacial score (nSPS) is 17.9. The van der Waals surface area contributed by atoms with E-state index in [2.05, 4.69) is 25.6 Å². The summed E-state index contributed by atoms with van der Waals surface area (Å²) in [5.41, 5.74) is 1.09. The lowest BCUT2D eigenvalue weighted by molar-refractivity contribution is 0.0600. The van der Waals surface area contributed by atoms with Gasteiger partial charge in [-0.25, -0.2) is 13.2 Å². The van der Waals surface area contributed by atoms with E-state index in [1.165, 1.54) is 13.2 Å². The van der Waals surface area contributed by atoms with E-state index < -0.39 is 27.8 Å². The van der Waals surface area contributed by atoms with Crippen LogP contribution in [-0.2, 0) is 14.6 Å². The van der Waals surface area contributed by atoms with Crippen molar-refractivity contribution in [2.75, 3.05) is 23.9 Å². The highest BCUT2D eigenvalue weighted by Crippen LogP contribution is 2.17. The van der Waals surface area contributed by atoms with Gasteiger partial charge in [0, 0.05) is 11.7 Å². The maximum absolute atomic E-state index is 12.2. The molecule has 10 heteroatoms. The molecule has 27 heavy (non-hydrogen) atoms. The van der Waals surface area contributed by atoms with Gasteiger partial charge < -0.3 is 15.4 Å². The molecule has 0 spiro atoms. The number of aromatic nitrogens is 2. The van der Waals surface area contributed by atoms with E-state index in [4.69, 9.17) is 0 Å². The summed E-state index contributed by atoms with van der Waals surface area (Å²) in [5, 5.41) is 13.4. The highest BCUT2D eigenvalue weighted by Gasteiger charge is 2.29. The molecule has 1 aromatic heterocycles. The Kier molecular flexibility index (Phi) is 5.36. The van der Waals surface area contributed by atoms with Crippen LogP contribution in [0.15, 0.2) is 36.4 Å². The molecule has 2 heterocycles. The lowest BCUT2D eigenvalue weighted by Gasteiger charge is -2.10.